The molecule has 0 fully saturated rings. The van der Waals surface area contributed by atoms with Gasteiger partial charge in [0.25, 0.3) is 11.8 Å². The van der Waals surface area contributed by atoms with Crippen LogP contribution in [0.25, 0.3) is 16.0 Å². The van der Waals surface area contributed by atoms with Gasteiger partial charge in [-0.3, -0.25) is 19.6 Å². The summed E-state index contributed by atoms with van der Waals surface area (Å²) in [6.45, 7) is 9.38. The molecule has 13 nitrogen and oxygen atoms in total. The van der Waals surface area contributed by atoms with Crippen LogP contribution in [0.15, 0.2) is 97.6 Å². The number of nitrogens with zero attached hydrogens (tertiary/aromatic N) is 4. The normalized spacial score (nSPS) is 10.6. The first kappa shape index (κ1) is 46.9. The van der Waals surface area contributed by atoms with Gasteiger partial charge in [-0.15, -0.1) is 0 Å². The summed E-state index contributed by atoms with van der Waals surface area (Å²) in [7, 11) is 0. The Hall–Kier alpha value is -6.58. The number of carbonyl (C=O) groups excluding carboxylic acids is 2. The van der Waals surface area contributed by atoms with Crippen molar-refractivity contribution in [3.63, 3.8) is 0 Å². The molecule has 0 aliphatic heterocycles. The fraction of sp³-hybridized carbons (Fsp3) is 0.191. The average molecular weight is 941 g/mol. The highest BCUT2D eigenvalue weighted by atomic mass is 35.5. The third kappa shape index (κ3) is 11.9. The van der Waals surface area contributed by atoms with Gasteiger partial charge >= 0.3 is 0 Å². The highest BCUT2D eigenvalue weighted by Gasteiger charge is 2.21. The van der Waals surface area contributed by atoms with E-state index in [1.165, 1.54) is 36.7 Å². The van der Waals surface area contributed by atoms with E-state index in [1.807, 2.05) is 31.2 Å². The number of amides is 2. The first-order valence-corrected chi connectivity index (χ1v) is 21.1. The highest BCUT2D eigenvalue weighted by molar-refractivity contribution is 6.37. The predicted octanol–water partition coefficient (Wildman–Crippen LogP) is 10.4. The molecule has 0 spiro atoms. The van der Waals surface area contributed by atoms with E-state index < -0.39 is 5.91 Å². The Bertz CT molecular complexity index is 2570. The van der Waals surface area contributed by atoms with Crippen LogP contribution in [-0.4, -0.2) is 46.6 Å². The van der Waals surface area contributed by atoms with Crippen molar-refractivity contribution < 1.29 is 33.6 Å². The Kier molecular flexibility index (Phi) is 16.6. The molecule has 3 N–H and O–H groups in total. The number of carbonyl (C=O) groups is 2. The summed E-state index contributed by atoms with van der Waals surface area (Å²) in [4.78, 5) is 37.7. The van der Waals surface area contributed by atoms with E-state index >= 15 is 0 Å². The van der Waals surface area contributed by atoms with Gasteiger partial charge in [0.2, 0.25) is 5.69 Å². The molecule has 0 bridgehead atoms. The minimum absolute atomic E-state index is 0.0124. The Morgan fingerprint density at radius 3 is 1.69 bits per heavy atom. The van der Waals surface area contributed by atoms with Gasteiger partial charge in [-0.05, 0) is 36.2 Å². The van der Waals surface area contributed by atoms with Crippen molar-refractivity contribution in [2.45, 2.75) is 39.8 Å². The van der Waals surface area contributed by atoms with Crippen LogP contribution in [0.2, 0.25) is 20.1 Å². The minimum Gasteiger partial charge on any atom is -0.488 e. The maximum Gasteiger partial charge on any atom is 0.255 e. The summed E-state index contributed by atoms with van der Waals surface area (Å²) in [5, 5.41) is 25.0. The van der Waals surface area contributed by atoms with Crippen molar-refractivity contribution in [1.82, 2.24) is 20.6 Å². The van der Waals surface area contributed by atoms with Crippen LogP contribution in [0.1, 0.15) is 61.9 Å². The lowest BCUT2D eigenvalue weighted by Gasteiger charge is -2.17. The van der Waals surface area contributed by atoms with Crippen LogP contribution in [0.3, 0.4) is 0 Å². The largest absolute Gasteiger partial charge is 0.488 e. The third-order valence-corrected chi connectivity index (χ3v) is 10.8. The van der Waals surface area contributed by atoms with Gasteiger partial charge in [-0.25, -0.2) is 4.85 Å². The minimum atomic E-state index is -0.522. The summed E-state index contributed by atoms with van der Waals surface area (Å²) in [5.41, 5.74) is 4.69. The number of aliphatic hydroxyl groups is 1. The monoisotopic (exact) mass is 938 g/mol. The summed E-state index contributed by atoms with van der Waals surface area (Å²) in [6, 6.07) is 22.1. The fourth-order valence-electron chi connectivity index (χ4n) is 6.16. The van der Waals surface area contributed by atoms with E-state index in [2.05, 4.69) is 31.5 Å². The molecular formula is C47H38Cl4N6O7. The average Bonchev–Trinajstić information content (AvgIpc) is 3.31. The smallest absolute Gasteiger partial charge is 0.255 e. The zero-order valence-corrected chi connectivity index (χ0v) is 37.1. The van der Waals surface area contributed by atoms with Gasteiger partial charge in [-0.2, -0.15) is 5.26 Å². The van der Waals surface area contributed by atoms with Crippen LogP contribution in [0.5, 0.6) is 23.0 Å². The molecule has 64 heavy (non-hydrogen) atoms. The molecule has 2 aromatic heterocycles. The molecule has 0 unspecified atom stereocenters. The molecule has 0 radical (unpaired) electrons. The van der Waals surface area contributed by atoms with Gasteiger partial charge in [0, 0.05) is 77.8 Å². The summed E-state index contributed by atoms with van der Waals surface area (Å²) < 4.78 is 24.4. The van der Waals surface area contributed by atoms with Crippen molar-refractivity contribution in [2.24, 2.45) is 0 Å². The fourth-order valence-corrected chi connectivity index (χ4v) is 7.16. The van der Waals surface area contributed by atoms with Gasteiger partial charge < -0.3 is 34.7 Å². The Balaban J connectivity index is 1.21. The lowest BCUT2D eigenvalue weighted by molar-refractivity contribution is 0.0935. The number of aromatic nitrogens is 2. The Labute approximate surface area is 389 Å². The molecule has 0 aliphatic carbocycles. The number of nitriles is 1. The van der Waals surface area contributed by atoms with Crippen molar-refractivity contribution in [3.05, 3.63) is 168 Å². The zero-order chi connectivity index (χ0) is 45.6. The van der Waals surface area contributed by atoms with Gasteiger partial charge in [0.15, 0.2) is 0 Å². The number of benzene rings is 4. The van der Waals surface area contributed by atoms with E-state index in [4.69, 9.17) is 71.9 Å². The Morgan fingerprint density at radius 1 is 0.688 bits per heavy atom. The molecule has 0 aliphatic rings. The molecule has 0 atom stereocenters. The van der Waals surface area contributed by atoms with E-state index in [1.54, 1.807) is 36.7 Å². The van der Waals surface area contributed by atoms with E-state index in [-0.39, 0.29) is 89.7 Å². The van der Waals surface area contributed by atoms with Crippen molar-refractivity contribution in [2.75, 3.05) is 19.7 Å². The topological polar surface area (TPSA) is 169 Å². The van der Waals surface area contributed by atoms with Crippen LogP contribution in [-0.2, 0) is 26.4 Å². The predicted molar refractivity (Wildman–Crippen MR) is 244 cm³/mol. The van der Waals surface area contributed by atoms with Gasteiger partial charge in [0.1, 0.15) is 55.5 Å². The SMILES string of the molecule is [C-]#[N+]c1cncc(COc2cc(OCc3cccc(-c4cccc(COc5cc(OCc6cncc(C#N)c6)c(C(=O)NCCC)cc5Cl)c4Cl)c3Cl)c(Cl)cc2C(=O)NCCO)c1. The number of aliphatic hydroxyl groups excluding tert-OH is 1. The zero-order valence-electron chi connectivity index (χ0n) is 34.1. The molecule has 2 heterocycles. The molecule has 6 aromatic rings. The van der Waals surface area contributed by atoms with Crippen molar-refractivity contribution >= 4 is 63.9 Å². The number of rotatable bonds is 19. The summed E-state index contributed by atoms with van der Waals surface area (Å²) in [5.74, 6) is -0.0929. The highest BCUT2D eigenvalue weighted by Crippen LogP contribution is 2.40. The molecular weight excluding hydrogens is 902 g/mol. The standard InChI is InChI=1S/C47H38Cl4N6O7/c1-3-10-56-46(59)36-15-38(48)42(17-40(36)61-24-29-13-28(19-52)20-54-21-29)63-26-31-6-4-8-34(44(31)50)35-9-5-7-32(45(35)51)27-64-43-18-41(37(16-39(43)49)47(60)57-11-12-58)62-25-30-14-33(53-2)23-55-22-30/h4-9,13-18,20-23,58H,3,10-12,24-27H2,1H3,(H,56,59)(H,57,60). The third-order valence-electron chi connectivity index (χ3n) is 9.33. The molecule has 17 heteroatoms. The van der Waals surface area contributed by atoms with Crippen molar-refractivity contribution in [3.8, 4) is 40.2 Å². The second-order valence-electron chi connectivity index (χ2n) is 13.9. The number of nitrogens with one attached hydrogen (secondary N) is 2. The number of pyridine rings is 2. The van der Waals surface area contributed by atoms with Gasteiger partial charge in [-0.1, -0.05) is 89.7 Å². The number of hydrogen-bond acceptors (Lipinski definition) is 10. The molecule has 0 saturated carbocycles. The van der Waals surface area contributed by atoms with E-state index in [0.29, 0.717) is 61.2 Å². The van der Waals surface area contributed by atoms with Crippen LogP contribution in [0, 0.1) is 17.9 Å². The maximum atomic E-state index is 13.1. The maximum absolute atomic E-state index is 13.1. The molecule has 326 valence electrons. The molecule has 2 amide bonds. The summed E-state index contributed by atoms with van der Waals surface area (Å²) in [6.07, 6.45) is 6.72. The van der Waals surface area contributed by atoms with Crippen molar-refractivity contribution in [1.29, 1.82) is 5.26 Å². The van der Waals surface area contributed by atoms with Crippen LogP contribution >= 0.6 is 46.4 Å². The van der Waals surface area contributed by atoms with Crippen LogP contribution in [0.4, 0.5) is 5.69 Å². The number of halogens is 4. The molecule has 6 rings (SSSR count). The second-order valence-corrected chi connectivity index (χ2v) is 15.4. The lowest BCUT2D eigenvalue weighted by Crippen LogP contribution is -2.27. The van der Waals surface area contributed by atoms with E-state index in [9.17, 15) is 20.0 Å². The quantitative estimate of drug-likeness (QED) is 0.0665. The second kappa shape index (κ2) is 22.7. The lowest BCUT2D eigenvalue weighted by atomic mass is 10.0. The molecule has 0 saturated heterocycles. The van der Waals surface area contributed by atoms with Crippen LogP contribution < -0.4 is 29.6 Å². The Morgan fingerprint density at radius 2 is 1.19 bits per heavy atom. The first-order valence-electron chi connectivity index (χ1n) is 19.6. The van der Waals surface area contributed by atoms with Gasteiger partial charge in [0.05, 0.1) is 50.0 Å². The molecule has 4 aromatic carbocycles. The van der Waals surface area contributed by atoms with E-state index in [0.717, 1.165) is 6.42 Å². The first-order chi connectivity index (χ1) is 31.0. The summed E-state index contributed by atoms with van der Waals surface area (Å²) >= 11 is 27.4. The number of ether oxygens (including phenoxy) is 4. The number of hydrogen-bond donors (Lipinski definition) is 3.